The first-order chi connectivity index (χ1) is 11.6. The highest BCUT2D eigenvalue weighted by Gasteiger charge is 2.09. The zero-order valence-electron chi connectivity index (χ0n) is 13.8. The monoisotopic (exact) mass is 317 g/mol. The third kappa shape index (κ3) is 3.66. The molecule has 3 rings (SSSR count). The maximum atomic E-state index is 12.4. The molecule has 1 amide bonds. The number of nitrogens with zero attached hydrogens (tertiary/aromatic N) is 2. The summed E-state index contributed by atoms with van der Waals surface area (Å²) in [7, 11) is 0. The number of nitrogens with one attached hydrogen (secondary N) is 1. The van der Waals surface area contributed by atoms with Crippen molar-refractivity contribution in [1.82, 2.24) is 15.3 Å². The van der Waals surface area contributed by atoms with Crippen molar-refractivity contribution < 1.29 is 4.79 Å². The molecule has 0 saturated heterocycles. The van der Waals surface area contributed by atoms with Crippen molar-refractivity contribution in [2.24, 2.45) is 0 Å². The fourth-order valence-corrected chi connectivity index (χ4v) is 2.61. The van der Waals surface area contributed by atoms with Crippen molar-refractivity contribution in [1.29, 1.82) is 0 Å². The van der Waals surface area contributed by atoms with Crippen LogP contribution in [0, 0.1) is 13.8 Å². The summed E-state index contributed by atoms with van der Waals surface area (Å²) < 4.78 is 0. The van der Waals surface area contributed by atoms with Crippen LogP contribution in [0.25, 0.3) is 11.3 Å². The van der Waals surface area contributed by atoms with Gasteiger partial charge >= 0.3 is 0 Å². The zero-order chi connectivity index (χ0) is 16.9. The van der Waals surface area contributed by atoms with Crippen LogP contribution in [0.5, 0.6) is 0 Å². The van der Waals surface area contributed by atoms with Gasteiger partial charge in [0.05, 0.1) is 5.69 Å². The Labute approximate surface area is 141 Å². The normalized spacial score (nSPS) is 10.4. The summed E-state index contributed by atoms with van der Waals surface area (Å²) in [6, 6.07) is 13.6. The van der Waals surface area contributed by atoms with Crippen molar-refractivity contribution in [3.05, 3.63) is 83.3 Å². The van der Waals surface area contributed by atoms with Crippen molar-refractivity contribution in [3.63, 3.8) is 0 Å². The van der Waals surface area contributed by atoms with E-state index in [1.165, 1.54) is 0 Å². The molecule has 0 fully saturated rings. The molecule has 4 nitrogen and oxygen atoms in total. The van der Waals surface area contributed by atoms with Gasteiger partial charge in [0.15, 0.2) is 0 Å². The molecular weight excluding hydrogens is 298 g/mol. The fraction of sp³-hybridized carbons (Fsp3) is 0.150. The van der Waals surface area contributed by atoms with Crippen LogP contribution in [0.15, 0.2) is 61.1 Å². The van der Waals surface area contributed by atoms with Gasteiger partial charge in [0.1, 0.15) is 0 Å². The lowest BCUT2D eigenvalue weighted by atomic mass is 10.1. The Morgan fingerprint density at radius 2 is 1.79 bits per heavy atom. The van der Waals surface area contributed by atoms with Gasteiger partial charge < -0.3 is 5.32 Å². The molecule has 1 N–H and O–H groups in total. The Balaban J connectivity index is 1.72. The number of rotatable bonds is 4. The first kappa shape index (κ1) is 15.9. The number of pyridine rings is 2. The van der Waals surface area contributed by atoms with Gasteiger partial charge in [-0.25, -0.2) is 0 Å². The van der Waals surface area contributed by atoms with Crippen LogP contribution in [0.1, 0.15) is 27.0 Å². The second-order valence-electron chi connectivity index (χ2n) is 5.79. The average molecular weight is 317 g/mol. The number of amides is 1. The molecule has 0 aliphatic rings. The van der Waals surface area contributed by atoms with Crippen LogP contribution in [-0.4, -0.2) is 15.9 Å². The summed E-state index contributed by atoms with van der Waals surface area (Å²) in [4.78, 5) is 20.8. The molecule has 0 unspecified atom stereocenters. The van der Waals surface area contributed by atoms with Crippen molar-refractivity contribution >= 4 is 5.91 Å². The average Bonchev–Trinajstić information content (AvgIpc) is 2.61. The molecule has 24 heavy (non-hydrogen) atoms. The number of carbonyl (C=O) groups excluding carboxylic acids is 1. The number of benzene rings is 1. The van der Waals surface area contributed by atoms with E-state index in [9.17, 15) is 4.79 Å². The molecule has 0 aliphatic carbocycles. The highest BCUT2D eigenvalue weighted by molar-refractivity contribution is 5.95. The first-order valence-electron chi connectivity index (χ1n) is 7.84. The lowest BCUT2D eigenvalue weighted by molar-refractivity contribution is 0.0950. The number of carbonyl (C=O) groups is 1. The minimum atomic E-state index is -0.0604. The van der Waals surface area contributed by atoms with E-state index in [1.54, 1.807) is 18.6 Å². The number of hydrogen-bond acceptors (Lipinski definition) is 3. The van der Waals surface area contributed by atoms with Crippen LogP contribution >= 0.6 is 0 Å². The van der Waals surface area contributed by atoms with Gasteiger partial charge in [0.25, 0.3) is 5.91 Å². The van der Waals surface area contributed by atoms with E-state index in [-0.39, 0.29) is 5.91 Å². The van der Waals surface area contributed by atoms with E-state index >= 15 is 0 Å². The molecule has 0 atom stereocenters. The predicted octanol–water partition coefficient (Wildman–Crippen LogP) is 3.69. The van der Waals surface area contributed by atoms with Crippen LogP contribution in [0.4, 0.5) is 0 Å². The maximum absolute atomic E-state index is 12.4. The van der Waals surface area contributed by atoms with E-state index in [0.29, 0.717) is 12.1 Å². The summed E-state index contributed by atoms with van der Waals surface area (Å²) in [6.07, 6.45) is 5.24. The predicted molar refractivity (Wildman–Crippen MR) is 94.6 cm³/mol. The van der Waals surface area contributed by atoms with E-state index in [0.717, 1.165) is 27.9 Å². The van der Waals surface area contributed by atoms with Gasteiger partial charge in [-0.05, 0) is 55.3 Å². The first-order valence-corrected chi connectivity index (χ1v) is 7.84. The smallest absolute Gasteiger partial charge is 0.251 e. The summed E-state index contributed by atoms with van der Waals surface area (Å²) in [5, 5.41) is 2.98. The summed E-state index contributed by atoms with van der Waals surface area (Å²) in [5.74, 6) is -0.0604. The number of aryl methyl sites for hydroxylation is 2. The molecule has 0 bridgehead atoms. The molecule has 0 aliphatic heterocycles. The Bertz CT molecular complexity index is 860. The van der Waals surface area contributed by atoms with E-state index in [2.05, 4.69) is 15.3 Å². The molecule has 3 aromatic rings. The molecule has 4 heteroatoms. The largest absolute Gasteiger partial charge is 0.348 e. The molecule has 0 radical (unpaired) electrons. The lowest BCUT2D eigenvalue weighted by Gasteiger charge is -2.09. The minimum absolute atomic E-state index is 0.0604. The molecule has 0 spiro atoms. The molecule has 2 aromatic heterocycles. The van der Waals surface area contributed by atoms with Crippen LogP contribution < -0.4 is 5.32 Å². The van der Waals surface area contributed by atoms with Gasteiger partial charge in [-0.1, -0.05) is 17.7 Å². The fourth-order valence-electron chi connectivity index (χ4n) is 2.61. The van der Waals surface area contributed by atoms with Crippen molar-refractivity contribution in [3.8, 4) is 11.3 Å². The molecular formula is C20H19N3O. The van der Waals surface area contributed by atoms with Gasteiger partial charge in [-0.3, -0.25) is 14.8 Å². The van der Waals surface area contributed by atoms with Crippen molar-refractivity contribution in [2.45, 2.75) is 20.4 Å². The van der Waals surface area contributed by atoms with E-state index < -0.39 is 0 Å². The molecule has 2 heterocycles. The molecule has 120 valence electrons. The Kier molecular flexibility index (Phi) is 4.66. The third-order valence-electron chi connectivity index (χ3n) is 3.88. The molecule has 1 aromatic carbocycles. The van der Waals surface area contributed by atoms with Gasteiger partial charge in [0, 0.05) is 36.3 Å². The lowest BCUT2D eigenvalue weighted by Crippen LogP contribution is -2.23. The van der Waals surface area contributed by atoms with Gasteiger partial charge in [-0.2, -0.15) is 0 Å². The van der Waals surface area contributed by atoms with Gasteiger partial charge in [-0.15, -0.1) is 0 Å². The van der Waals surface area contributed by atoms with Crippen molar-refractivity contribution in [2.75, 3.05) is 0 Å². The molecule has 0 saturated carbocycles. The second-order valence-corrected chi connectivity index (χ2v) is 5.79. The Morgan fingerprint density at radius 3 is 2.54 bits per heavy atom. The minimum Gasteiger partial charge on any atom is -0.348 e. The van der Waals surface area contributed by atoms with Crippen LogP contribution in [0.3, 0.4) is 0 Å². The highest BCUT2D eigenvalue weighted by Crippen LogP contribution is 2.17. The second kappa shape index (κ2) is 7.04. The highest BCUT2D eigenvalue weighted by atomic mass is 16.1. The van der Waals surface area contributed by atoms with E-state index in [4.69, 9.17) is 0 Å². The summed E-state index contributed by atoms with van der Waals surface area (Å²) in [5.41, 5.74) is 5.74. The third-order valence-corrected chi connectivity index (χ3v) is 3.88. The zero-order valence-corrected chi connectivity index (χ0v) is 13.8. The number of aromatic nitrogens is 2. The topological polar surface area (TPSA) is 54.9 Å². The quantitative estimate of drug-likeness (QED) is 0.798. The standard InChI is InChI=1S/C20H19N3O/c1-14-3-4-18(15(2)11-14)20(24)23-13-16-5-10-22-19(12-16)17-6-8-21-9-7-17/h3-12H,13H2,1-2H3,(H,23,24). The van der Waals surface area contributed by atoms with Crippen LogP contribution in [0.2, 0.25) is 0 Å². The number of hydrogen-bond donors (Lipinski definition) is 1. The Morgan fingerprint density at radius 1 is 1.00 bits per heavy atom. The maximum Gasteiger partial charge on any atom is 0.251 e. The summed E-state index contributed by atoms with van der Waals surface area (Å²) >= 11 is 0. The van der Waals surface area contributed by atoms with Crippen LogP contribution in [-0.2, 0) is 6.54 Å². The summed E-state index contributed by atoms with van der Waals surface area (Å²) in [6.45, 7) is 4.44. The van der Waals surface area contributed by atoms with Gasteiger partial charge in [0.2, 0.25) is 0 Å². The van der Waals surface area contributed by atoms with E-state index in [1.807, 2.05) is 56.3 Å². The SMILES string of the molecule is Cc1ccc(C(=O)NCc2ccnc(-c3ccncc3)c2)c(C)c1. The Hall–Kier alpha value is -3.01.